The third-order valence-electron chi connectivity index (χ3n) is 2.40. The summed E-state index contributed by atoms with van der Waals surface area (Å²) >= 11 is 5.94. The Balaban J connectivity index is 3.01. The summed E-state index contributed by atoms with van der Waals surface area (Å²) in [6.45, 7) is 1.22. The smallest absolute Gasteiger partial charge is 0.242 e. The van der Waals surface area contributed by atoms with Gasteiger partial charge in [-0.15, -0.1) is 0 Å². The number of carbonyl (C=O) groups excluding carboxylic acids is 1. The van der Waals surface area contributed by atoms with Gasteiger partial charge in [-0.25, -0.2) is 13.1 Å². The molecule has 0 fully saturated rings. The predicted molar refractivity (Wildman–Crippen MR) is 79.0 cm³/mol. The van der Waals surface area contributed by atoms with Gasteiger partial charge in [0.2, 0.25) is 15.9 Å². The van der Waals surface area contributed by atoms with Crippen molar-refractivity contribution in [3.63, 3.8) is 0 Å². The summed E-state index contributed by atoms with van der Waals surface area (Å²) < 4.78 is 26.6. The molecule has 0 saturated carbocycles. The van der Waals surface area contributed by atoms with Gasteiger partial charge in [0.25, 0.3) is 0 Å². The van der Waals surface area contributed by atoms with Crippen molar-refractivity contribution in [1.82, 2.24) is 4.72 Å². The lowest BCUT2D eigenvalue weighted by molar-refractivity contribution is -0.118. The highest BCUT2D eigenvalue weighted by Crippen LogP contribution is 2.22. The molecule has 0 heterocycles. The first kappa shape index (κ1) is 17.5. The molecule has 0 bridgehead atoms. The van der Waals surface area contributed by atoms with Crippen molar-refractivity contribution in [2.45, 2.75) is 24.3 Å². The van der Waals surface area contributed by atoms with E-state index in [2.05, 4.69) is 16.6 Å². The summed E-state index contributed by atoms with van der Waals surface area (Å²) in [7, 11) is -3.86. The number of amides is 1. The average Bonchev–Trinajstić information content (AvgIpc) is 2.34. The molecular weight excluding hydrogens is 316 g/mol. The van der Waals surface area contributed by atoms with Gasteiger partial charge in [0.15, 0.2) is 0 Å². The predicted octanol–water partition coefficient (Wildman–Crippen LogP) is 0.226. The van der Waals surface area contributed by atoms with Crippen LogP contribution in [0.2, 0.25) is 5.02 Å². The Morgan fingerprint density at radius 3 is 2.71 bits per heavy atom. The Labute approximate surface area is 128 Å². The van der Waals surface area contributed by atoms with Gasteiger partial charge in [0.1, 0.15) is 11.5 Å². The van der Waals surface area contributed by atoms with Crippen molar-refractivity contribution in [2.75, 3.05) is 6.61 Å². The molecule has 0 aromatic heterocycles. The molecule has 0 aliphatic rings. The number of hydrogen-bond acceptors (Lipinski definition) is 4. The maximum atomic E-state index is 12.1. The van der Waals surface area contributed by atoms with Crippen LogP contribution in [0.5, 0.6) is 0 Å². The topological polar surface area (TPSA) is 109 Å². The number of halogens is 1. The zero-order chi connectivity index (χ0) is 16.0. The maximum absolute atomic E-state index is 12.1. The van der Waals surface area contributed by atoms with Gasteiger partial charge >= 0.3 is 0 Å². The van der Waals surface area contributed by atoms with Crippen LogP contribution in [0.1, 0.15) is 18.9 Å². The van der Waals surface area contributed by atoms with Crippen LogP contribution in [0.3, 0.4) is 0 Å². The molecule has 0 spiro atoms. The molecular formula is C13H15ClN2O4S. The lowest BCUT2D eigenvalue weighted by Crippen LogP contribution is -2.35. The van der Waals surface area contributed by atoms with Gasteiger partial charge in [-0.05, 0) is 25.1 Å². The van der Waals surface area contributed by atoms with Crippen LogP contribution < -0.4 is 10.5 Å². The molecule has 6 nitrogen and oxygen atoms in total. The van der Waals surface area contributed by atoms with E-state index in [1.807, 2.05) is 0 Å². The summed E-state index contributed by atoms with van der Waals surface area (Å²) in [5, 5.41) is 8.60. The normalized spacial score (nSPS) is 12.3. The van der Waals surface area contributed by atoms with E-state index in [0.29, 0.717) is 5.56 Å². The Kier molecular flexibility index (Phi) is 6.18. The highest BCUT2D eigenvalue weighted by atomic mass is 35.5. The Bertz CT molecular complexity index is 692. The van der Waals surface area contributed by atoms with Crippen molar-refractivity contribution < 1.29 is 18.3 Å². The van der Waals surface area contributed by atoms with Crippen molar-refractivity contribution in [3.05, 3.63) is 28.8 Å². The number of aliphatic hydroxyl groups excluding tert-OH is 1. The Morgan fingerprint density at radius 1 is 1.52 bits per heavy atom. The largest absolute Gasteiger partial charge is 0.384 e. The average molecular weight is 331 g/mol. The van der Waals surface area contributed by atoms with E-state index in [1.165, 1.54) is 25.1 Å². The molecule has 0 aliphatic carbocycles. The fourth-order valence-electron chi connectivity index (χ4n) is 1.61. The first-order chi connectivity index (χ1) is 9.76. The number of hydrogen-bond donors (Lipinski definition) is 3. The number of primary amides is 1. The zero-order valence-electron chi connectivity index (χ0n) is 11.3. The number of nitrogens with one attached hydrogen (secondary N) is 1. The number of carbonyl (C=O) groups is 1. The van der Waals surface area contributed by atoms with Gasteiger partial charge in [-0.2, -0.15) is 0 Å². The third kappa shape index (κ3) is 5.36. The lowest BCUT2D eigenvalue weighted by atomic mass is 10.2. The second-order valence-electron chi connectivity index (χ2n) is 4.30. The molecule has 1 aromatic carbocycles. The maximum Gasteiger partial charge on any atom is 0.242 e. The number of rotatable bonds is 5. The molecule has 0 saturated heterocycles. The van der Waals surface area contributed by atoms with Crippen molar-refractivity contribution in [1.29, 1.82) is 0 Å². The molecule has 1 unspecified atom stereocenters. The van der Waals surface area contributed by atoms with Crippen molar-refractivity contribution in [2.24, 2.45) is 5.73 Å². The van der Waals surface area contributed by atoms with Crippen LogP contribution in [0, 0.1) is 11.8 Å². The number of aliphatic hydroxyl groups is 1. The summed E-state index contributed by atoms with van der Waals surface area (Å²) in [5.74, 6) is 4.45. The molecule has 0 radical (unpaired) electrons. The third-order valence-corrected chi connectivity index (χ3v) is 4.47. The van der Waals surface area contributed by atoms with E-state index < -0.39 is 22.0 Å². The van der Waals surface area contributed by atoms with Gasteiger partial charge in [-0.1, -0.05) is 23.4 Å². The second kappa shape index (κ2) is 7.43. The molecule has 4 N–H and O–H groups in total. The highest BCUT2D eigenvalue weighted by Gasteiger charge is 2.21. The van der Waals surface area contributed by atoms with E-state index >= 15 is 0 Å². The molecule has 1 aromatic rings. The number of nitrogens with two attached hydrogens (primary N) is 1. The quantitative estimate of drug-likeness (QED) is 0.671. The van der Waals surface area contributed by atoms with Gasteiger partial charge in [-0.3, -0.25) is 4.79 Å². The van der Waals surface area contributed by atoms with Crippen LogP contribution in [-0.2, 0) is 14.8 Å². The van der Waals surface area contributed by atoms with Crippen LogP contribution in [0.4, 0.5) is 0 Å². The summed E-state index contributed by atoms with van der Waals surface area (Å²) in [6, 6.07) is 3.53. The van der Waals surface area contributed by atoms with Gasteiger partial charge in [0, 0.05) is 18.0 Å². The monoisotopic (exact) mass is 330 g/mol. The minimum Gasteiger partial charge on any atom is -0.384 e. The van der Waals surface area contributed by atoms with Crippen LogP contribution in [0.25, 0.3) is 0 Å². The minimum atomic E-state index is -3.86. The minimum absolute atomic E-state index is 0.00138. The molecule has 114 valence electrons. The standard InChI is InChI=1S/C13H15ClN2O4S/c1-9(7-13(15)18)16-21(19,20)12-5-4-10(3-2-6-17)8-11(12)14/h4-5,8-9,16-17H,6-7H2,1H3,(H2,15,18). The lowest BCUT2D eigenvalue weighted by Gasteiger charge is -2.13. The van der Waals surface area contributed by atoms with E-state index in [4.69, 9.17) is 22.4 Å². The van der Waals surface area contributed by atoms with Gasteiger partial charge < -0.3 is 10.8 Å². The second-order valence-corrected chi connectivity index (χ2v) is 6.39. The Morgan fingerprint density at radius 2 is 2.19 bits per heavy atom. The summed E-state index contributed by atoms with van der Waals surface area (Å²) in [4.78, 5) is 10.7. The molecule has 1 atom stereocenters. The van der Waals surface area contributed by atoms with E-state index in [0.717, 1.165) is 0 Å². The van der Waals surface area contributed by atoms with E-state index in [9.17, 15) is 13.2 Å². The summed E-state index contributed by atoms with van der Waals surface area (Å²) in [5.41, 5.74) is 5.50. The molecule has 0 aliphatic heterocycles. The fraction of sp³-hybridized carbons (Fsp3) is 0.308. The number of benzene rings is 1. The molecule has 8 heteroatoms. The SMILES string of the molecule is CC(CC(N)=O)NS(=O)(=O)c1ccc(C#CCO)cc1Cl. The van der Waals surface area contributed by atoms with Crippen LogP contribution in [-0.4, -0.2) is 32.1 Å². The molecule has 1 rings (SSSR count). The first-order valence-corrected chi connectivity index (χ1v) is 7.82. The summed E-state index contributed by atoms with van der Waals surface area (Å²) in [6.07, 6.45) is -0.114. The highest BCUT2D eigenvalue weighted by molar-refractivity contribution is 7.89. The number of sulfonamides is 1. The zero-order valence-corrected chi connectivity index (χ0v) is 12.8. The molecule has 21 heavy (non-hydrogen) atoms. The van der Waals surface area contributed by atoms with E-state index in [-0.39, 0.29) is 22.9 Å². The van der Waals surface area contributed by atoms with Crippen molar-refractivity contribution in [3.8, 4) is 11.8 Å². The Hall–Kier alpha value is -1.59. The first-order valence-electron chi connectivity index (χ1n) is 5.96. The van der Waals surface area contributed by atoms with Crippen LogP contribution in [0.15, 0.2) is 23.1 Å². The molecule has 1 amide bonds. The van der Waals surface area contributed by atoms with Gasteiger partial charge in [0.05, 0.1) is 5.02 Å². The van der Waals surface area contributed by atoms with E-state index in [1.54, 1.807) is 0 Å². The fourth-order valence-corrected chi connectivity index (χ4v) is 3.40. The van der Waals surface area contributed by atoms with Crippen LogP contribution >= 0.6 is 11.6 Å². The van der Waals surface area contributed by atoms with Crippen molar-refractivity contribution >= 4 is 27.5 Å².